The van der Waals surface area contributed by atoms with Crippen molar-refractivity contribution in [1.29, 1.82) is 5.26 Å². The summed E-state index contributed by atoms with van der Waals surface area (Å²) in [5.41, 5.74) is 3.79. The summed E-state index contributed by atoms with van der Waals surface area (Å²) in [6, 6.07) is 2.53. The second-order valence-electron chi connectivity index (χ2n) is 9.39. The van der Waals surface area contributed by atoms with E-state index in [-0.39, 0.29) is 17.6 Å². The first-order valence-corrected chi connectivity index (χ1v) is 11.0. The van der Waals surface area contributed by atoms with E-state index in [1.54, 1.807) is 7.11 Å². The van der Waals surface area contributed by atoms with E-state index in [1.807, 2.05) is 4.90 Å². The highest BCUT2D eigenvalue weighted by Crippen LogP contribution is 2.45. The molecule has 7 heteroatoms. The normalized spacial score (nSPS) is 23.1. The molecule has 1 aromatic heterocycles. The topological polar surface area (TPSA) is 78.7 Å². The molecule has 4 rings (SSSR count). The molecule has 1 unspecified atom stereocenters. The van der Waals surface area contributed by atoms with Crippen molar-refractivity contribution < 1.29 is 14.3 Å². The molecule has 0 radical (unpaired) electrons. The Morgan fingerprint density at radius 1 is 1.33 bits per heavy atom. The number of fused-ring (bicyclic) bond motifs is 1. The van der Waals surface area contributed by atoms with Gasteiger partial charge in [-0.15, -0.1) is 0 Å². The Morgan fingerprint density at radius 2 is 2.10 bits per heavy atom. The number of nitrogens with zero attached hydrogens (tertiary/aromatic N) is 4. The Hall–Kier alpha value is -2.17. The predicted molar refractivity (Wildman–Crippen MR) is 113 cm³/mol. The van der Waals surface area contributed by atoms with Crippen LogP contribution in [-0.4, -0.2) is 60.8 Å². The molecule has 3 aliphatic rings. The predicted octanol–water partition coefficient (Wildman–Crippen LogP) is 2.76. The highest BCUT2D eigenvalue weighted by atomic mass is 16.5. The Labute approximate surface area is 179 Å². The van der Waals surface area contributed by atoms with Crippen molar-refractivity contribution in [1.82, 2.24) is 9.88 Å². The number of rotatable bonds is 5. The Kier molecular flexibility index (Phi) is 5.73. The van der Waals surface area contributed by atoms with Gasteiger partial charge in [-0.25, -0.2) is 4.98 Å². The van der Waals surface area contributed by atoms with Crippen molar-refractivity contribution in [2.45, 2.75) is 70.6 Å². The third kappa shape index (κ3) is 4.03. The van der Waals surface area contributed by atoms with Crippen LogP contribution in [0.2, 0.25) is 0 Å². The summed E-state index contributed by atoms with van der Waals surface area (Å²) in [4.78, 5) is 21.7. The van der Waals surface area contributed by atoms with E-state index in [0.29, 0.717) is 50.8 Å². The SMILES string of the molecule is COCCC(=O)N1CCN(c2nc(C3CC3)c3c(c2C#N)CC(C)(C)OC3)CC1C. The van der Waals surface area contributed by atoms with E-state index >= 15 is 0 Å². The van der Waals surface area contributed by atoms with Crippen LogP contribution in [0.3, 0.4) is 0 Å². The minimum absolute atomic E-state index is 0.0663. The number of aromatic nitrogens is 1. The Morgan fingerprint density at radius 3 is 2.73 bits per heavy atom. The molecule has 0 spiro atoms. The van der Waals surface area contributed by atoms with E-state index in [2.05, 4.69) is 31.7 Å². The second-order valence-corrected chi connectivity index (χ2v) is 9.39. The van der Waals surface area contributed by atoms with Crippen molar-refractivity contribution >= 4 is 11.7 Å². The third-order valence-electron chi connectivity index (χ3n) is 6.48. The van der Waals surface area contributed by atoms with Gasteiger partial charge in [-0.3, -0.25) is 4.79 Å². The highest BCUT2D eigenvalue weighted by molar-refractivity contribution is 5.77. The maximum absolute atomic E-state index is 12.5. The molecule has 30 heavy (non-hydrogen) atoms. The molecular formula is C23H32N4O3. The van der Waals surface area contributed by atoms with Crippen molar-refractivity contribution in [2.24, 2.45) is 0 Å². The molecule has 1 amide bonds. The van der Waals surface area contributed by atoms with Crippen LogP contribution >= 0.6 is 0 Å². The molecule has 1 saturated carbocycles. The summed E-state index contributed by atoms with van der Waals surface area (Å²) in [5.74, 6) is 1.41. The van der Waals surface area contributed by atoms with E-state index < -0.39 is 0 Å². The zero-order valence-electron chi connectivity index (χ0n) is 18.5. The second kappa shape index (κ2) is 8.16. The van der Waals surface area contributed by atoms with E-state index in [1.165, 1.54) is 0 Å². The smallest absolute Gasteiger partial charge is 0.225 e. The maximum Gasteiger partial charge on any atom is 0.225 e. The molecular weight excluding hydrogens is 380 g/mol. The van der Waals surface area contributed by atoms with Gasteiger partial charge in [-0.05, 0) is 39.2 Å². The number of hydrogen-bond donors (Lipinski definition) is 0. The minimum atomic E-state index is -0.280. The number of anilines is 1. The monoisotopic (exact) mass is 412 g/mol. The number of ether oxygens (including phenoxy) is 2. The van der Waals surface area contributed by atoms with Crippen LogP contribution in [0.4, 0.5) is 5.82 Å². The summed E-state index contributed by atoms with van der Waals surface area (Å²) in [6.07, 6.45) is 3.45. The van der Waals surface area contributed by atoms with E-state index in [0.717, 1.165) is 41.9 Å². The van der Waals surface area contributed by atoms with Crippen LogP contribution in [0, 0.1) is 11.3 Å². The molecule has 0 bridgehead atoms. The average molecular weight is 413 g/mol. The molecule has 2 aliphatic heterocycles. The number of carbonyl (C=O) groups is 1. The molecule has 3 heterocycles. The zero-order chi connectivity index (χ0) is 21.5. The third-order valence-corrected chi connectivity index (χ3v) is 6.48. The van der Waals surface area contributed by atoms with Crippen LogP contribution in [0.1, 0.15) is 68.3 Å². The largest absolute Gasteiger partial charge is 0.384 e. The lowest BCUT2D eigenvalue weighted by Crippen LogP contribution is -2.54. The van der Waals surface area contributed by atoms with Crippen LogP contribution in [0.5, 0.6) is 0 Å². The Bertz CT molecular complexity index is 872. The maximum atomic E-state index is 12.5. The fourth-order valence-corrected chi connectivity index (χ4v) is 4.67. The van der Waals surface area contributed by atoms with Gasteiger partial charge in [0.05, 0.1) is 36.5 Å². The molecule has 1 saturated heterocycles. The molecule has 0 N–H and O–H groups in total. The fraction of sp³-hybridized carbons (Fsp3) is 0.696. The number of piperazine rings is 1. The van der Waals surface area contributed by atoms with Gasteiger partial charge in [0.1, 0.15) is 11.9 Å². The molecule has 1 aliphatic carbocycles. The molecule has 0 aromatic carbocycles. The standard InChI is InChI=1S/C23H32N4O3/c1-15-13-26(8-9-27(15)20(28)7-10-29-4)22-18(12-24)17-11-23(2,3)30-14-19(17)21(25-22)16-5-6-16/h15-16H,5-11,13-14H2,1-4H3. The van der Waals surface area contributed by atoms with Gasteiger partial charge >= 0.3 is 0 Å². The van der Waals surface area contributed by atoms with Crippen molar-refractivity contribution in [3.63, 3.8) is 0 Å². The first-order valence-electron chi connectivity index (χ1n) is 11.0. The number of hydrogen-bond acceptors (Lipinski definition) is 6. The first-order chi connectivity index (χ1) is 14.3. The van der Waals surface area contributed by atoms with Crippen molar-refractivity contribution in [3.8, 4) is 6.07 Å². The highest BCUT2D eigenvalue weighted by Gasteiger charge is 2.38. The van der Waals surface area contributed by atoms with Gasteiger partial charge in [-0.2, -0.15) is 5.26 Å². The quantitative estimate of drug-likeness (QED) is 0.740. The molecule has 1 aromatic rings. The lowest BCUT2D eigenvalue weighted by molar-refractivity contribution is -0.134. The van der Waals surface area contributed by atoms with Crippen molar-refractivity contribution in [2.75, 3.05) is 38.3 Å². The lowest BCUT2D eigenvalue weighted by atomic mass is 9.87. The summed E-state index contributed by atoms with van der Waals surface area (Å²) in [7, 11) is 1.61. The summed E-state index contributed by atoms with van der Waals surface area (Å²) in [6.45, 7) is 9.23. The molecule has 7 nitrogen and oxygen atoms in total. The van der Waals surface area contributed by atoms with Crippen LogP contribution in [0.15, 0.2) is 0 Å². The van der Waals surface area contributed by atoms with Gasteiger partial charge < -0.3 is 19.3 Å². The summed E-state index contributed by atoms with van der Waals surface area (Å²) in [5, 5.41) is 10.1. The van der Waals surface area contributed by atoms with Gasteiger partial charge in [0, 0.05) is 50.7 Å². The van der Waals surface area contributed by atoms with Gasteiger partial charge in [0.25, 0.3) is 0 Å². The minimum Gasteiger partial charge on any atom is -0.384 e. The number of methoxy groups -OCH3 is 1. The van der Waals surface area contributed by atoms with E-state index in [4.69, 9.17) is 14.5 Å². The Balaban J connectivity index is 1.64. The van der Waals surface area contributed by atoms with Crippen molar-refractivity contribution in [3.05, 3.63) is 22.4 Å². The molecule has 2 fully saturated rings. The first kappa shape index (κ1) is 21.1. The lowest BCUT2D eigenvalue weighted by Gasteiger charge is -2.41. The number of amides is 1. The van der Waals surface area contributed by atoms with Gasteiger partial charge in [0.15, 0.2) is 0 Å². The number of carbonyl (C=O) groups excluding carboxylic acids is 1. The van der Waals surface area contributed by atoms with Crippen LogP contribution in [-0.2, 0) is 27.3 Å². The van der Waals surface area contributed by atoms with Gasteiger partial charge in [0.2, 0.25) is 5.91 Å². The zero-order valence-corrected chi connectivity index (χ0v) is 18.5. The number of pyridine rings is 1. The average Bonchev–Trinajstić information content (AvgIpc) is 3.55. The summed E-state index contributed by atoms with van der Waals surface area (Å²) < 4.78 is 11.1. The fourth-order valence-electron chi connectivity index (χ4n) is 4.67. The molecule has 162 valence electrons. The molecule has 1 atom stereocenters. The number of nitriles is 1. The van der Waals surface area contributed by atoms with Crippen LogP contribution in [0.25, 0.3) is 0 Å². The summed E-state index contributed by atoms with van der Waals surface area (Å²) >= 11 is 0. The van der Waals surface area contributed by atoms with Gasteiger partial charge in [-0.1, -0.05) is 0 Å². The van der Waals surface area contributed by atoms with E-state index in [9.17, 15) is 10.1 Å². The van der Waals surface area contributed by atoms with Crippen LogP contribution < -0.4 is 4.90 Å².